The van der Waals surface area contributed by atoms with Crippen molar-refractivity contribution in [2.75, 3.05) is 25.2 Å². The topological polar surface area (TPSA) is 78.9 Å². The summed E-state index contributed by atoms with van der Waals surface area (Å²) in [5.74, 6) is -1.55. The van der Waals surface area contributed by atoms with Gasteiger partial charge in [0.2, 0.25) is 0 Å². The quantitative estimate of drug-likeness (QED) is 0.860. The van der Waals surface area contributed by atoms with Gasteiger partial charge in [0.1, 0.15) is 11.9 Å². The Morgan fingerprint density at radius 2 is 2.29 bits per heavy atom. The highest BCUT2D eigenvalue weighted by molar-refractivity contribution is 5.96. The van der Waals surface area contributed by atoms with Gasteiger partial charge in [-0.2, -0.15) is 0 Å². The third-order valence-electron chi connectivity index (χ3n) is 3.39. The van der Waals surface area contributed by atoms with E-state index in [1.54, 1.807) is 6.07 Å². The van der Waals surface area contributed by atoms with E-state index in [1.165, 1.54) is 24.1 Å². The van der Waals surface area contributed by atoms with Gasteiger partial charge in [0, 0.05) is 26.7 Å². The summed E-state index contributed by atoms with van der Waals surface area (Å²) in [6.07, 6.45) is 0.792. The highest BCUT2D eigenvalue weighted by Gasteiger charge is 2.28. The van der Waals surface area contributed by atoms with Crippen molar-refractivity contribution in [2.45, 2.75) is 18.9 Å². The molecule has 2 amide bonds. The minimum absolute atomic E-state index is 0.168. The van der Waals surface area contributed by atoms with Crippen LogP contribution in [-0.4, -0.2) is 43.4 Å². The molecule has 21 heavy (non-hydrogen) atoms. The van der Waals surface area contributed by atoms with Crippen molar-refractivity contribution >= 4 is 17.7 Å². The number of carbonyl (C=O) groups is 2. The summed E-state index contributed by atoms with van der Waals surface area (Å²) >= 11 is 0. The summed E-state index contributed by atoms with van der Waals surface area (Å²) in [6, 6.07) is 2.70. The number of aliphatic carboxylic acids is 1. The van der Waals surface area contributed by atoms with Crippen molar-refractivity contribution in [3.63, 3.8) is 0 Å². The Labute approximate surface area is 121 Å². The van der Waals surface area contributed by atoms with E-state index < -0.39 is 23.9 Å². The molecule has 0 saturated heterocycles. The number of nitrogens with one attached hydrogen (secondary N) is 1. The van der Waals surface area contributed by atoms with E-state index in [9.17, 15) is 14.0 Å². The molecule has 7 heteroatoms. The first-order valence-electron chi connectivity index (χ1n) is 6.61. The summed E-state index contributed by atoms with van der Waals surface area (Å²) in [4.78, 5) is 24.7. The van der Waals surface area contributed by atoms with Gasteiger partial charge >= 0.3 is 12.0 Å². The maximum Gasteiger partial charge on any atom is 0.326 e. The summed E-state index contributed by atoms with van der Waals surface area (Å²) in [5.41, 5.74) is 1.36. The van der Waals surface area contributed by atoms with E-state index in [0.29, 0.717) is 18.7 Å². The predicted octanol–water partition coefficient (Wildman–Crippen LogP) is 1.39. The molecule has 1 aromatic carbocycles. The van der Waals surface area contributed by atoms with Gasteiger partial charge in [-0.1, -0.05) is 6.07 Å². The van der Waals surface area contributed by atoms with Gasteiger partial charge in [-0.25, -0.2) is 14.0 Å². The van der Waals surface area contributed by atoms with Crippen LogP contribution < -0.4 is 10.2 Å². The number of carboxylic acids is 1. The zero-order valence-electron chi connectivity index (χ0n) is 11.6. The zero-order chi connectivity index (χ0) is 15.4. The SMILES string of the molecule is COCCC(NC(=O)N1CCc2ccc(F)cc21)C(=O)O. The van der Waals surface area contributed by atoms with Crippen LogP contribution in [0.5, 0.6) is 0 Å². The lowest BCUT2D eigenvalue weighted by Crippen LogP contribution is -2.48. The van der Waals surface area contributed by atoms with Gasteiger partial charge in [-0.05, 0) is 24.1 Å². The van der Waals surface area contributed by atoms with E-state index in [4.69, 9.17) is 9.84 Å². The third-order valence-corrected chi connectivity index (χ3v) is 3.39. The number of urea groups is 1. The number of rotatable bonds is 5. The summed E-state index contributed by atoms with van der Waals surface area (Å²) in [7, 11) is 1.46. The van der Waals surface area contributed by atoms with Crippen LogP contribution in [0.25, 0.3) is 0 Å². The lowest BCUT2D eigenvalue weighted by atomic mass is 10.2. The number of halogens is 1. The summed E-state index contributed by atoms with van der Waals surface area (Å²) in [5, 5.41) is 11.5. The van der Waals surface area contributed by atoms with E-state index in [1.807, 2.05) is 0 Å². The lowest BCUT2D eigenvalue weighted by molar-refractivity contribution is -0.139. The van der Waals surface area contributed by atoms with Crippen LogP contribution >= 0.6 is 0 Å². The molecule has 0 saturated carbocycles. The monoisotopic (exact) mass is 296 g/mol. The smallest absolute Gasteiger partial charge is 0.326 e. The molecule has 0 spiro atoms. The standard InChI is InChI=1S/C14H17FN2O4/c1-21-7-5-11(13(18)19)16-14(20)17-6-4-9-2-3-10(15)8-12(9)17/h2-3,8,11H,4-7H2,1H3,(H,16,20)(H,18,19). The second kappa shape index (κ2) is 6.53. The average Bonchev–Trinajstić information content (AvgIpc) is 2.85. The first-order valence-corrected chi connectivity index (χ1v) is 6.61. The van der Waals surface area contributed by atoms with Crippen LogP contribution in [0.4, 0.5) is 14.9 Å². The Balaban J connectivity index is 2.08. The van der Waals surface area contributed by atoms with E-state index in [-0.39, 0.29) is 13.0 Å². The van der Waals surface area contributed by atoms with Crippen LogP contribution in [0.2, 0.25) is 0 Å². The van der Waals surface area contributed by atoms with Gasteiger partial charge in [-0.15, -0.1) is 0 Å². The molecule has 0 aliphatic carbocycles. The van der Waals surface area contributed by atoms with Gasteiger partial charge < -0.3 is 15.2 Å². The molecule has 1 aromatic rings. The number of nitrogens with zero attached hydrogens (tertiary/aromatic N) is 1. The van der Waals surface area contributed by atoms with Gasteiger partial charge in [0.05, 0.1) is 5.69 Å². The van der Waals surface area contributed by atoms with Gasteiger partial charge in [0.25, 0.3) is 0 Å². The second-order valence-corrected chi connectivity index (χ2v) is 4.80. The first kappa shape index (κ1) is 15.2. The van der Waals surface area contributed by atoms with Crippen LogP contribution in [0, 0.1) is 5.82 Å². The number of amides is 2. The number of carbonyl (C=O) groups excluding carboxylic acids is 1. The number of hydrogen-bond donors (Lipinski definition) is 2. The minimum Gasteiger partial charge on any atom is -0.480 e. The Bertz CT molecular complexity index is 550. The third kappa shape index (κ3) is 3.49. The normalized spacial score (nSPS) is 14.7. The Hall–Kier alpha value is -2.15. The molecular weight excluding hydrogens is 279 g/mol. The molecule has 114 valence electrons. The van der Waals surface area contributed by atoms with Crippen molar-refractivity contribution in [2.24, 2.45) is 0 Å². The fourth-order valence-corrected chi connectivity index (χ4v) is 2.28. The van der Waals surface area contributed by atoms with E-state index in [2.05, 4.69) is 5.32 Å². The highest BCUT2D eigenvalue weighted by atomic mass is 19.1. The molecule has 6 nitrogen and oxygen atoms in total. The van der Waals surface area contributed by atoms with Crippen molar-refractivity contribution in [1.82, 2.24) is 5.32 Å². The molecular formula is C14H17FN2O4. The number of benzene rings is 1. The lowest BCUT2D eigenvalue weighted by Gasteiger charge is -2.21. The second-order valence-electron chi connectivity index (χ2n) is 4.80. The molecule has 0 bridgehead atoms. The maximum absolute atomic E-state index is 13.3. The molecule has 0 radical (unpaired) electrons. The summed E-state index contributed by atoms with van der Waals surface area (Å²) in [6.45, 7) is 0.629. The van der Waals surface area contributed by atoms with Crippen molar-refractivity contribution in [3.05, 3.63) is 29.6 Å². The summed E-state index contributed by atoms with van der Waals surface area (Å²) < 4.78 is 18.1. The number of fused-ring (bicyclic) bond motifs is 1. The van der Waals surface area contributed by atoms with Crippen LogP contribution in [0.1, 0.15) is 12.0 Å². The fraction of sp³-hybridized carbons (Fsp3) is 0.429. The molecule has 2 N–H and O–H groups in total. The van der Waals surface area contributed by atoms with Crippen LogP contribution in [0.3, 0.4) is 0 Å². The molecule has 0 aromatic heterocycles. The largest absolute Gasteiger partial charge is 0.480 e. The Kier molecular flexibility index (Phi) is 4.74. The van der Waals surface area contributed by atoms with E-state index in [0.717, 1.165) is 5.56 Å². The molecule has 1 aliphatic rings. The number of ether oxygens (including phenoxy) is 1. The van der Waals surface area contributed by atoms with Crippen molar-refractivity contribution in [1.29, 1.82) is 0 Å². The number of methoxy groups -OCH3 is 1. The van der Waals surface area contributed by atoms with Crippen molar-refractivity contribution < 1.29 is 23.8 Å². The highest BCUT2D eigenvalue weighted by Crippen LogP contribution is 2.28. The zero-order valence-corrected chi connectivity index (χ0v) is 11.6. The number of hydrogen-bond acceptors (Lipinski definition) is 3. The minimum atomic E-state index is -1.13. The number of carboxylic acid groups (broad SMARTS) is 1. The van der Waals surface area contributed by atoms with Gasteiger partial charge in [0.15, 0.2) is 0 Å². The van der Waals surface area contributed by atoms with Crippen LogP contribution in [0.15, 0.2) is 18.2 Å². The van der Waals surface area contributed by atoms with Crippen LogP contribution in [-0.2, 0) is 16.0 Å². The number of anilines is 1. The Morgan fingerprint density at radius 3 is 2.95 bits per heavy atom. The van der Waals surface area contributed by atoms with E-state index >= 15 is 0 Å². The average molecular weight is 296 g/mol. The maximum atomic E-state index is 13.3. The molecule has 1 aliphatic heterocycles. The Morgan fingerprint density at radius 1 is 1.52 bits per heavy atom. The van der Waals surface area contributed by atoms with Crippen molar-refractivity contribution in [3.8, 4) is 0 Å². The molecule has 0 fully saturated rings. The molecule has 1 heterocycles. The predicted molar refractivity (Wildman–Crippen MR) is 73.9 cm³/mol. The molecule has 1 atom stereocenters. The first-order chi connectivity index (χ1) is 10.0. The molecule has 2 rings (SSSR count). The fourth-order valence-electron chi connectivity index (χ4n) is 2.28. The van der Waals surface area contributed by atoms with Gasteiger partial charge in [-0.3, -0.25) is 4.90 Å². The molecule has 1 unspecified atom stereocenters.